The highest BCUT2D eigenvalue weighted by Gasteiger charge is 2.36. The second-order valence-corrected chi connectivity index (χ2v) is 8.19. The van der Waals surface area contributed by atoms with Gasteiger partial charge in [0.15, 0.2) is 16.6 Å². The third-order valence-electron chi connectivity index (χ3n) is 4.63. The monoisotopic (exact) mass is 412 g/mol. The number of carbonyl (C=O) groups is 1. The number of benzene rings is 2. The van der Waals surface area contributed by atoms with Crippen molar-refractivity contribution in [2.45, 2.75) is 5.37 Å². The third kappa shape index (κ3) is 2.98. The van der Waals surface area contributed by atoms with E-state index in [0.717, 1.165) is 34.1 Å². The second-order valence-electron chi connectivity index (χ2n) is 6.28. The molecule has 0 bridgehead atoms. The number of carbonyl (C=O) groups excluding carboxylic acids is 1. The van der Waals surface area contributed by atoms with Crippen molar-refractivity contribution in [3.63, 3.8) is 0 Å². The maximum atomic E-state index is 12.6. The van der Waals surface area contributed by atoms with Crippen LogP contribution in [0, 0.1) is 0 Å². The zero-order valence-corrected chi connectivity index (χ0v) is 16.6. The van der Waals surface area contributed by atoms with E-state index in [4.69, 9.17) is 19.2 Å². The molecule has 1 fully saturated rings. The van der Waals surface area contributed by atoms with Gasteiger partial charge in [-0.05, 0) is 42.0 Å². The van der Waals surface area contributed by atoms with Gasteiger partial charge in [-0.2, -0.15) is 0 Å². The summed E-state index contributed by atoms with van der Waals surface area (Å²) in [6.45, 7) is 0.233. The summed E-state index contributed by atoms with van der Waals surface area (Å²) in [5, 5.41) is 2.55. The van der Waals surface area contributed by atoms with Gasteiger partial charge in [-0.15, -0.1) is 23.1 Å². The number of methoxy groups -OCH3 is 1. The van der Waals surface area contributed by atoms with Gasteiger partial charge in [0.25, 0.3) is 0 Å². The number of thiazole rings is 1. The number of ether oxygens (including phenoxy) is 3. The van der Waals surface area contributed by atoms with Crippen LogP contribution in [0.2, 0.25) is 0 Å². The summed E-state index contributed by atoms with van der Waals surface area (Å²) >= 11 is 3.06. The lowest BCUT2D eigenvalue weighted by Gasteiger charge is -2.21. The van der Waals surface area contributed by atoms with Gasteiger partial charge in [-0.3, -0.25) is 9.69 Å². The average molecular weight is 412 g/mol. The summed E-state index contributed by atoms with van der Waals surface area (Å²) in [4.78, 5) is 19.1. The standard InChI is InChI=1S/C20H16N2O4S2/c1-24-14-5-2-12(3-6-14)15-9-28-20(21-15)22-18(23)10-27-19(22)13-4-7-16-17(8-13)26-11-25-16/h2-9,19H,10-11H2,1H3. The van der Waals surface area contributed by atoms with Crippen LogP contribution in [0.25, 0.3) is 11.3 Å². The lowest BCUT2D eigenvalue weighted by molar-refractivity contribution is -0.115. The minimum atomic E-state index is -0.128. The minimum Gasteiger partial charge on any atom is -0.497 e. The fourth-order valence-electron chi connectivity index (χ4n) is 3.21. The molecule has 1 saturated heterocycles. The zero-order chi connectivity index (χ0) is 19.1. The first-order chi connectivity index (χ1) is 13.7. The van der Waals surface area contributed by atoms with E-state index in [1.165, 1.54) is 11.3 Å². The van der Waals surface area contributed by atoms with E-state index in [0.29, 0.717) is 10.9 Å². The molecule has 1 amide bonds. The molecule has 0 saturated carbocycles. The van der Waals surface area contributed by atoms with Gasteiger partial charge in [0.2, 0.25) is 12.7 Å². The van der Waals surface area contributed by atoms with Crippen LogP contribution >= 0.6 is 23.1 Å². The molecule has 1 unspecified atom stereocenters. The Labute approximate surface area is 170 Å². The molecule has 2 aliphatic rings. The molecule has 3 aromatic rings. The average Bonchev–Trinajstić information content (AvgIpc) is 3.46. The Bertz CT molecular complexity index is 1030. The molecule has 2 aliphatic heterocycles. The smallest absolute Gasteiger partial charge is 0.240 e. The maximum absolute atomic E-state index is 12.6. The molecule has 0 spiro atoms. The van der Waals surface area contributed by atoms with E-state index in [-0.39, 0.29) is 18.1 Å². The normalized spacial score (nSPS) is 18.0. The van der Waals surface area contributed by atoms with Gasteiger partial charge in [0.05, 0.1) is 18.6 Å². The molecule has 3 heterocycles. The molecule has 2 aromatic carbocycles. The minimum absolute atomic E-state index is 0.0586. The number of amides is 1. The highest BCUT2D eigenvalue weighted by molar-refractivity contribution is 8.00. The molecule has 142 valence electrons. The summed E-state index contributed by atoms with van der Waals surface area (Å²) in [5.74, 6) is 2.74. The number of thioether (sulfide) groups is 1. The molecule has 5 rings (SSSR count). The van der Waals surface area contributed by atoms with E-state index in [2.05, 4.69) is 0 Å². The van der Waals surface area contributed by atoms with Crippen LogP contribution in [-0.4, -0.2) is 30.5 Å². The SMILES string of the molecule is COc1ccc(-c2csc(N3C(=O)CSC3c3ccc4c(c3)OCO4)n2)cc1. The zero-order valence-electron chi connectivity index (χ0n) is 15.0. The first-order valence-electron chi connectivity index (χ1n) is 8.66. The lowest BCUT2D eigenvalue weighted by atomic mass is 10.2. The maximum Gasteiger partial charge on any atom is 0.240 e. The Morgan fingerprint density at radius 1 is 1.14 bits per heavy atom. The molecule has 8 heteroatoms. The van der Waals surface area contributed by atoms with Crippen molar-refractivity contribution in [2.75, 3.05) is 24.6 Å². The van der Waals surface area contributed by atoms with Crippen LogP contribution in [0.4, 0.5) is 5.13 Å². The number of hydrogen-bond donors (Lipinski definition) is 0. The van der Waals surface area contributed by atoms with Crippen molar-refractivity contribution in [3.05, 3.63) is 53.4 Å². The Balaban J connectivity index is 1.45. The summed E-state index contributed by atoms with van der Waals surface area (Å²) in [7, 11) is 1.64. The Hall–Kier alpha value is -2.71. The number of nitrogens with zero attached hydrogens (tertiary/aromatic N) is 2. The molecule has 1 aromatic heterocycles. The van der Waals surface area contributed by atoms with Crippen LogP contribution in [0.15, 0.2) is 47.8 Å². The number of aromatic nitrogens is 1. The number of fused-ring (bicyclic) bond motifs is 1. The summed E-state index contributed by atoms with van der Waals surface area (Å²) in [6.07, 6.45) is 0. The van der Waals surface area contributed by atoms with E-state index >= 15 is 0 Å². The van der Waals surface area contributed by atoms with Crippen LogP contribution < -0.4 is 19.1 Å². The summed E-state index contributed by atoms with van der Waals surface area (Å²) in [6, 6.07) is 13.6. The number of anilines is 1. The van der Waals surface area contributed by atoms with Gasteiger partial charge >= 0.3 is 0 Å². The first-order valence-corrected chi connectivity index (χ1v) is 10.6. The molecular formula is C20H16N2O4S2. The number of hydrogen-bond acceptors (Lipinski definition) is 7. The Morgan fingerprint density at radius 3 is 2.79 bits per heavy atom. The van der Waals surface area contributed by atoms with Crippen molar-refractivity contribution in [2.24, 2.45) is 0 Å². The van der Waals surface area contributed by atoms with Crippen molar-refractivity contribution in [3.8, 4) is 28.5 Å². The van der Waals surface area contributed by atoms with Gasteiger partial charge in [0.1, 0.15) is 11.1 Å². The van der Waals surface area contributed by atoms with Crippen LogP contribution in [-0.2, 0) is 4.79 Å². The summed E-state index contributed by atoms with van der Waals surface area (Å²) in [5.41, 5.74) is 2.83. The van der Waals surface area contributed by atoms with Crippen molar-refractivity contribution >= 4 is 34.1 Å². The van der Waals surface area contributed by atoms with Gasteiger partial charge in [-0.1, -0.05) is 6.07 Å². The Morgan fingerprint density at radius 2 is 1.96 bits per heavy atom. The van der Waals surface area contributed by atoms with Crippen molar-refractivity contribution in [1.82, 2.24) is 4.98 Å². The third-order valence-corrected chi connectivity index (χ3v) is 6.69. The molecule has 0 radical (unpaired) electrons. The Kier molecular flexibility index (Phi) is 4.37. The fourth-order valence-corrected chi connectivity index (χ4v) is 5.30. The predicted molar refractivity (Wildman–Crippen MR) is 109 cm³/mol. The first kappa shape index (κ1) is 17.4. The molecule has 0 N–H and O–H groups in total. The van der Waals surface area contributed by atoms with E-state index < -0.39 is 0 Å². The molecule has 28 heavy (non-hydrogen) atoms. The molecular weight excluding hydrogens is 396 g/mol. The van der Waals surface area contributed by atoms with E-state index in [9.17, 15) is 4.79 Å². The largest absolute Gasteiger partial charge is 0.497 e. The van der Waals surface area contributed by atoms with Gasteiger partial charge in [0, 0.05) is 10.9 Å². The molecule has 6 nitrogen and oxygen atoms in total. The highest BCUT2D eigenvalue weighted by Crippen LogP contribution is 2.45. The van der Waals surface area contributed by atoms with Crippen LogP contribution in [0.5, 0.6) is 17.2 Å². The fraction of sp³-hybridized carbons (Fsp3) is 0.200. The predicted octanol–water partition coefficient (Wildman–Crippen LogP) is 4.33. The topological polar surface area (TPSA) is 60.9 Å². The van der Waals surface area contributed by atoms with Gasteiger partial charge < -0.3 is 14.2 Å². The van der Waals surface area contributed by atoms with Crippen LogP contribution in [0.3, 0.4) is 0 Å². The molecule has 0 aliphatic carbocycles. The lowest BCUT2D eigenvalue weighted by Crippen LogP contribution is -2.27. The van der Waals surface area contributed by atoms with Crippen molar-refractivity contribution < 1.29 is 19.0 Å². The van der Waals surface area contributed by atoms with Crippen LogP contribution in [0.1, 0.15) is 10.9 Å². The molecule has 1 atom stereocenters. The van der Waals surface area contributed by atoms with Gasteiger partial charge in [-0.25, -0.2) is 4.98 Å². The van der Waals surface area contributed by atoms with E-state index in [1.54, 1.807) is 23.8 Å². The van der Waals surface area contributed by atoms with Crippen molar-refractivity contribution in [1.29, 1.82) is 0 Å². The quantitative estimate of drug-likeness (QED) is 0.636. The van der Waals surface area contributed by atoms with E-state index in [1.807, 2.05) is 47.8 Å². The number of rotatable bonds is 4. The summed E-state index contributed by atoms with van der Waals surface area (Å²) < 4.78 is 16.1. The second kappa shape index (κ2) is 7.03. The highest BCUT2D eigenvalue weighted by atomic mass is 32.2.